The summed E-state index contributed by atoms with van der Waals surface area (Å²) in [6.45, 7) is 0. The van der Waals surface area contributed by atoms with Gasteiger partial charge in [-0.25, -0.2) is 4.98 Å². The highest BCUT2D eigenvalue weighted by Gasteiger charge is 2.10. The lowest BCUT2D eigenvalue weighted by molar-refractivity contribution is -0.385. The molecule has 2 aromatic rings. The Hall–Kier alpha value is -2.51. The van der Waals surface area contributed by atoms with Gasteiger partial charge in [-0.2, -0.15) is 4.98 Å². The van der Waals surface area contributed by atoms with Gasteiger partial charge in [-0.1, -0.05) is 0 Å². The zero-order valence-corrected chi connectivity index (χ0v) is 7.30. The minimum Gasteiger partial charge on any atom is -0.369 e. The Balaban J connectivity index is 2.83. The van der Waals surface area contributed by atoms with Crippen LogP contribution in [0.1, 0.15) is 0 Å². The third-order valence-corrected chi connectivity index (χ3v) is 1.78. The number of fused-ring (bicyclic) bond motifs is 1. The molecule has 0 spiro atoms. The van der Waals surface area contributed by atoms with Gasteiger partial charge < -0.3 is 5.73 Å². The Labute approximate surface area is 81.9 Å². The topological polar surface area (TPSA) is 128 Å². The fraction of sp³-hybridized carbons (Fsp3) is 0. The molecule has 0 saturated carbocycles. The summed E-state index contributed by atoms with van der Waals surface area (Å²) in [5.74, 6) is -0.0751. The number of nitrogen functional groups attached to an aromatic ring is 1. The van der Waals surface area contributed by atoms with Crippen molar-refractivity contribution in [2.45, 2.75) is 0 Å². The molecule has 0 amide bonds. The van der Waals surface area contributed by atoms with Gasteiger partial charge in [0.1, 0.15) is 6.20 Å². The van der Waals surface area contributed by atoms with E-state index in [0.29, 0.717) is 0 Å². The number of rotatable bonds is 1. The molecule has 0 saturated heterocycles. The van der Waals surface area contributed by atoms with Crippen LogP contribution in [0.3, 0.4) is 0 Å². The van der Waals surface area contributed by atoms with Crippen LogP contribution in [0.2, 0.25) is 0 Å². The van der Waals surface area contributed by atoms with E-state index in [0.717, 1.165) is 12.3 Å². The van der Waals surface area contributed by atoms with E-state index in [4.69, 9.17) is 5.73 Å². The lowest BCUT2D eigenvalue weighted by Crippen LogP contribution is -2.12. The van der Waals surface area contributed by atoms with E-state index in [9.17, 15) is 14.9 Å². The molecule has 15 heavy (non-hydrogen) atoms. The van der Waals surface area contributed by atoms with E-state index < -0.39 is 10.5 Å². The van der Waals surface area contributed by atoms with Gasteiger partial charge in [0, 0.05) is 6.07 Å². The smallest absolute Gasteiger partial charge is 0.288 e. The number of nitrogens with one attached hydrogen (secondary N) is 1. The average molecular weight is 207 g/mol. The van der Waals surface area contributed by atoms with Crippen LogP contribution in [0.15, 0.2) is 17.1 Å². The van der Waals surface area contributed by atoms with Crippen LogP contribution in [-0.2, 0) is 0 Å². The first-order chi connectivity index (χ1) is 7.08. The molecule has 0 radical (unpaired) electrons. The van der Waals surface area contributed by atoms with E-state index in [1.165, 1.54) is 0 Å². The SMILES string of the molecule is Nc1nc2ncc([N+](=O)[O-])cc2c(=O)[nH]1. The van der Waals surface area contributed by atoms with Crippen molar-refractivity contribution in [2.24, 2.45) is 0 Å². The standard InChI is InChI=1S/C7H5N5O3/c8-7-10-5-4(6(13)11-7)1-3(2-9-5)12(14)15/h1-2H,(H3,8,9,10,11,13). The van der Waals surface area contributed by atoms with Crippen LogP contribution >= 0.6 is 0 Å². The molecule has 0 fully saturated rings. The minimum atomic E-state index is -0.637. The number of nitrogens with zero attached hydrogens (tertiary/aromatic N) is 3. The molecular formula is C7H5N5O3. The number of H-pyrrole nitrogens is 1. The first-order valence-corrected chi connectivity index (χ1v) is 3.88. The maximum Gasteiger partial charge on any atom is 0.288 e. The van der Waals surface area contributed by atoms with Crippen LogP contribution in [0.5, 0.6) is 0 Å². The quantitative estimate of drug-likeness (QED) is 0.492. The summed E-state index contributed by atoms with van der Waals surface area (Å²) in [6.07, 6.45) is 1.02. The van der Waals surface area contributed by atoms with Crippen molar-refractivity contribution < 1.29 is 4.92 Å². The van der Waals surface area contributed by atoms with Gasteiger partial charge in [0.25, 0.3) is 11.2 Å². The molecule has 2 rings (SSSR count). The van der Waals surface area contributed by atoms with Crippen molar-refractivity contribution in [2.75, 3.05) is 5.73 Å². The lowest BCUT2D eigenvalue weighted by Gasteiger charge is -1.96. The van der Waals surface area contributed by atoms with Gasteiger partial charge in [-0.05, 0) is 0 Å². The maximum atomic E-state index is 11.3. The van der Waals surface area contributed by atoms with Crippen molar-refractivity contribution in [1.29, 1.82) is 0 Å². The lowest BCUT2D eigenvalue weighted by atomic mass is 10.3. The van der Waals surface area contributed by atoms with Crippen LogP contribution in [-0.4, -0.2) is 19.9 Å². The molecular weight excluding hydrogens is 202 g/mol. The number of aromatic amines is 1. The predicted molar refractivity (Wildman–Crippen MR) is 51.2 cm³/mol. The van der Waals surface area contributed by atoms with Gasteiger partial charge in [0.15, 0.2) is 5.65 Å². The van der Waals surface area contributed by atoms with Crippen molar-refractivity contribution in [1.82, 2.24) is 15.0 Å². The summed E-state index contributed by atoms with van der Waals surface area (Å²) in [5, 5.41) is 10.5. The molecule has 8 nitrogen and oxygen atoms in total. The van der Waals surface area contributed by atoms with Gasteiger partial charge in [-0.3, -0.25) is 19.9 Å². The number of pyridine rings is 1. The molecule has 0 aliphatic carbocycles. The van der Waals surface area contributed by atoms with E-state index >= 15 is 0 Å². The molecule has 3 N–H and O–H groups in total. The van der Waals surface area contributed by atoms with Crippen LogP contribution in [0.4, 0.5) is 11.6 Å². The molecule has 8 heteroatoms. The first kappa shape index (κ1) is 9.06. The number of nitro groups is 1. The molecule has 0 aromatic carbocycles. The van der Waals surface area contributed by atoms with Crippen molar-refractivity contribution >= 4 is 22.7 Å². The summed E-state index contributed by atoms with van der Waals surface area (Å²) in [6, 6.07) is 1.10. The number of hydrogen-bond acceptors (Lipinski definition) is 6. The summed E-state index contributed by atoms with van der Waals surface area (Å²) >= 11 is 0. The van der Waals surface area contributed by atoms with Crippen molar-refractivity contribution in [3.63, 3.8) is 0 Å². The largest absolute Gasteiger partial charge is 0.369 e. The molecule has 0 bridgehead atoms. The Bertz CT molecular complexity index is 605. The summed E-state index contributed by atoms with van der Waals surface area (Å²) in [5.41, 5.74) is 4.56. The van der Waals surface area contributed by atoms with Crippen molar-refractivity contribution in [3.05, 3.63) is 32.7 Å². The summed E-state index contributed by atoms with van der Waals surface area (Å²) in [7, 11) is 0. The van der Waals surface area contributed by atoms with Crippen LogP contribution in [0, 0.1) is 10.1 Å². The second kappa shape index (κ2) is 3.01. The van der Waals surface area contributed by atoms with Gasteiger partial charge in [0.05, 0.1) is 10.3 Å². The molecule has 2 aromatic heterocycles. The fourth-order valence-corrected chi connectivity index (χ4v) is 1.13. The highest BCUT2D eigenvalue weighted by molar-refractivity contribution is 5.76. The third-order valence-electron chi connectivity index (χ3n) is 1.78. The van der Waals surface area contributed by atoms with E-state index in [1.807, 2.05) is 0 Å². The second-order valence-corrected chi connectivity index (χ2v) is 2.77. The zero-order chi connectivity index (χ0) is 11.0. The number of hydrogen-bond donors (Lipinski definition) is 2. The number of anilines is 1. The van der Waals surface area contributed by atoms with E-state index in [-0.39, 0.29) is 22.7 Å². The molecule has 0 unspecified atom stereocenters. The average Bonchev–Trinajstić information content (AvgIpc) is 2.16. The number of aromatic nitrogens is 3. The van der Waals surface area contributed by atoms with Crippen molar-refractivity contribution in [3.8, 4) is 0 Å². The van der Waals surface area contributed by atoms with Crippen LogP contribution < -0.4 is 11.3 Å². The number of nitrogens with two attached hydrogens (primary N) is 1. The fourth-order valence-electron chi connectivity index (χ4n) is 1.13. The van der Waals surface area contributed by atoms with E-state index in [2.05, 4.69) is 15.0 Å². The third kappa shape index (κ3) is 1.47. The van der Waals surface area contributed by atoms with E-state index in [1.54, 1.807) is 0 Å². The Morgan fingerprint density at radius 2 is 2.27 bits per heavy atom. The Morgan fingerprint density at radius 1 is 1.53 bits per heavy atom. The zero-order valence-electron chi connectivity index (χ0n) is 7.30. The molecule has 0 atom stereocenters. The predicted octanol–water partition coefficient (Wildman–Crippen LogP) is -0.192. The first-order valence-electron chi connectivity index (χ1n) is 3.88. The second-order valence-electron chi connectivity index (χ2n) is 2.77. The molecule has 2 heterocycles. The highest BCUT2D eigenvalue weighted by Crippen LogP contribution is 2.13. The summed E-state index contributed by atoms with van der Waals surface area (Å²) < 4.78 is 0. The van der Waals surface area contributed by atoms with Gasteiger partial charge >= 0.3 is 0 Å². The Morgan fingerprint density at radius 3 is 2.93 bits per heavy atom. The Kier molecular flexibility index (Phi) is 1.82. The maximum absolute atomic E-state index is 11.3. The van der Waals surface area contributed by atoms with Crippen LogP contribution in [0.25, 0.3) is 11.0 Å². The minimum absolute atomic E-state index is 0.0402. The summed E-state index contributed by atoms with van der Waals surface area (Å²) in [4.78, 5) is 30.8. The van der Waals surface area contributed by atoms with Gasteiger partial charge in [0.2, 0.25) is 5.95 Å². The normalized spacial score (nSPS) is 10.4. The van der Waals surface area contributed by atoms with Gasteiger partial charge in [-0.15, -0.1) is 0 Å². The molecule has 0 aliphatic heterocycles. The molecule has 76 valence electrons. The highest BCUT2D eigenvalue weighted by atomic mass is 16.6. The molecule has 0 aliphatic rings. The monoisotopic (exact) mass is 207 g/mol.